The number of hydrogen-bond acceptors (Lipinski definition) is 1. The van der Waals surface area contributed by atoms with Gasteiger partial charge in [-0.1, -0.05) is 35.8 Å². The van der Waals surface area contributed by atoms with Gasteiger partial charge in [-0.15, -0.1) is 0 Å². The van der Waals surface area contributed by atoms with Crippen LogP contribution in [0.3, 0.4) is 0 Å². The first-order valence-corrected chi connectivity index (χ1v) is 6.39. The van der Waals surface area contributed by atoms with Crippen LogP contribution in [-0.2, 0) is 6.42 Å². The highest BCUT2D eigenvalue weighted by Crippen LogP contribution is 2.53. The first-order valence-electron chi connectivity index (χ1n) is 5.59. The van der Waals surface area contributed by atoms with Crippen molar-refractivity contribution in [1.29, 1.82) is 0 Å². The molecule has 2 unspecified atom stereocenters. The maximum Gasteiger partial charge on any atom is 0.127 e. The summed E-state index contributed by atoms with van der Waals surface area (Å²) >= 11 is 3.25. The van der Waals surface area contributed by atoms with Gasteiger partial charge in [-0.25, -0.2) is 4.39 Å². The molecule has 1 aliphatic rings. The van der Waals surface area contributed by atoms with E-state index in [0.717, 1.165) is 16.5 Å². The number of hydrogen-bond donors (Lipinski definition) is 1. The van der Waals surface area contributed by atoms with Gasteiger partial charge in [-0.3, -0.25) is 0 Å². The third kappa shape index (κ3) is 2.46. The SMILES string of the molecule is CC1(C)CC1C(N)Cc1ccc(Br)cc1F. The van der Waals surface area contributed by atoms with E-state index in [1.807, 2.05) is 12.1 Å². The minimum atomic E-state index is -0.164. The second-order valence-corrected chi connectivity index (χ2v) is 6.32. The minimum absolute atomic E-state index is 0.0747. The van der Waals surface area contributed by atoms with E-state index in [-0.39, 0.29) is 11.9 Å². The summed E-state index contributed by atoms with van der Waals surface area (Å²) in [5, 5.41) is 0. The molecule has 2 N–H and O–H groups in total. The van der Waals surface area contributed by atoms with E-state index < -0.39 is 0 Å². The average molecular weight is 286 g/mol. The molecule has 1 aromatic carbocycles. The van der Waals surface area contributed by atoms with Crippen molar-refractivity contribution in [3.8, 4) is 0 Å². The van der Waals surface area contributed by atoms with Crippen molar-refractivity contribution in [2.45, 2.75) is 32.7 Å². The Hall–Kier alpha value is -0.410. The van der Waals surface area contributed by atoms with Crippen molar-refractivity contribution in [3.05, 3.63) is 34.1 Å². The van der Waals surface area contributed by atoms with Crippen molar-refractivity contribution < 1.29 is 4.39 Å². The highest BCUT2D eigenvalue weighted by Gasteiger charge is 2.48. The lowest BCUT2D eigenvalue weighted by atomic mass is 9.98. The first-order chi connectivity index (χ1) is 7.40. The van der Waals surface area contributed by atoms with Crippen LogP contribution in [0, 0.1) is 17.2 Å². The molecule has 2 atom stereocenters. The van der Waals surface area contributed by atoms with E-state index in [1.54, 1.807) is 0 Å². The summed E-state index contributed by atoms with van der Waals surface area (Å²) in [6.45, 7) is 4.44. The number of nitrogens with two attached hydrogens (primary N) is 1. The monoisotopic (exact) mass is 285 g/mol. The number of halogens is 2. The summed E-state index contributed by atoms with van der Waals surface area (Å²) in [7, 11) is 0. The zero-order valence-electron chi connectivity index (χ0n) is 9.63. The fraction of sp³-hybridized carbons (Fsp3) is 0.538. The van der Waals surface area contributed by atoms with Gasteiger partial charge in [0.2, 0.25) is 0 Å². The van der Waals surface area contributed by atoms with Crippen molar-refractivity contribution in [3.63, 3.8) is 0 Å². The zero-order chi connectivity index (χ0) is 11.9. The van der Waals surface area contributed by atoms with Gasteiger partial charge in [0, 0.05) is 10.5 Å². The summed E-state index contributed by atoms with van der Waals surface area (Å²) in [5.74, 6) is 0.374. The summed E-state index contributed by atoms with van der Waals surface area (Å²) in [6.07, 6.45) is 1.79. The van der Waals surface area contributed by atoms with E-state index in [2.05, 4.69) is 29.8 Å². The molecule has 0 bridgehead atoms. The molecule has 1 aliphatic carbocycles. The van der Waals surface area contributed by atoms with Crippen LogP contribution in [0.15, 0.2) is 22.7 Å². The summed E-state index contributed by atoms with van der Waals surface area (Å²) in [4.78, 5) is 0. The molecule has 0 heterocycles. The second-order valence-electron chi connectivity index (χ2n) is 5.40. The Morgan fingerprint density at radius 2 is 2.19 bits per heavy atom. The highest BCUT2D eigenvalue weighted by molar-refractivity contribution is 9.10. The van der Waals surface area contributed by atoms with E-state index in [4.69, 9.17) is 5.73 Å². The molecule has 0 aliphatic heterocycles. The van der Waals surface area contributed by atoms with Gasteiger partial charge in [0.25, 0.3) is 0 Å². The summed E-state index contributed by atoms with van der Waals surface area (Å²) in [6, 6.07) is 5.25. The Bertz CT molecular complexity index is 403. The van der Waals surface area contributed by atoms with Gasteiger partial charge in [0.15, 0.2) is 0 Å². The van der Waals surface area contributed by atoms with Gasteiger partial charge in [0.05, 0.1) is 0 Å². The normalized spacial score (nSPS) is 24.2. The quantitative estimate of drug-likeness (QED) is 0.904. The van der Waals surface area contributed by atoms with Crippen LogP contribution in [0.2, 0.25) is 0 Å². The van der Waals surface area contributed by atoms with Gasteiger partial charge < -0.3 is 5.73 Å². The van der Waals surface area contributed by atoms with Crippen LogP contribution in [0.4, 0.5) is 4.39 Å². The largest absolute Gasteiger partial charge is 0.327 e. The zero-order valence-corrected chi connectivity index (χ0v) is 11.2. The van der Waals surface area contributed by atoms with E-state index in [0.29, 0.717) is 17.8 Å². The fourth-order valence-corrected chi connectivity index (χ4v) is 2.66. The topological polar surface area (TPSA) is 26.0 Å². The molecule has 3 heteroatoms. The lowest BCUT2D eigenvalue weighted by Crippen LogP contribution is -2.27. The van der Waals surface area contributed by atoms with E-state index in [9.17, 15) is 4.39 Å². The summed E-state index contributed by atoms with van der Waals surface area (Å²) in [5.41, 5.74) is 7.19. The highest BCUT2D eigenvalue weighted by atomic mass is 79.9. The average Bonchev–Trinajstić information content (AvgIpc) is 2.80. The number of rotatable bonds is 3. The molecular weight excluding hydrogens is 269 g/mol. The molecule has 0 radical (unpaired) electrons. The second kappa shape index (κ2) is 4.11. The van der Waals surface area contributed by atoms with Crippen molar-refractivity contribution >= 4 is 15.9 Å². The van der Waals surface area contributed by atoms with Crippen molar-refractivity contribution in [2.75, 3.05) is 0 Å². The molecule has 0 saturated heterocycles. The lowest BCUT2D eigenvalue weighted by molar-refractivity contribution is 0.469. The molecule has 0 spiro atoms. The third-order valence-electron chi connectivity index (χ3n) is 3.58. The predicted octanol–water partition coefficient (Wildman–Crippen LogP) is 3.50. The molecule has 1 nitrogen and oxygen atoms in total. The Morgan fingerprint density at radius 3 is 2.69 bits per heavy atom. The Morgan fingerprint density at radius 1 is 1.56 bits per heavy atom. The first kappa shape index (κ1) is 12.1. The molecular formula is C13H17BrFN. The minimum Gasteiger partial charge on any atom is -0.327 e. The Kier molecular flexibility index (Phi) is 3.10. The molecule has 16 heavy (non-hydrogen) atoms. The standard InChI is InChI=1S/C13H17BrFN/c1-13(2)7-10(13)12(16)5-8-3-4-9(14)6-11(8)15/h3-4,6,10,12H,5,7,16H2,1-2H3. The Labute approximate surface area is 104 Å². The van der Waals surface area contributed by atoms with Crippen LogP contribution in [0.5, 0.6) is 0 Å². The summed E-state index contributed by atoms with van der Waals surface area (Å²) < 4.78 is 14.4. The van der Waals surface area contributed by atoms with Gasteiger partial charge >= 0.3 is 0 Å². The van der Waals surface area contributed by atoms with Gasteiger partial charge in [-0.05, 0) is 41.9 Å². The fourth-order valence-electron chi connectivity index (χ4n) is 2.32. The van der Waals surface area contributed by atoms with Crippen LogP contribution >= 0.6 is 15.9 Å². The molecule has 0 aromatic heterocycles. The van der Waals surface area contributed by atoms with E-state index >= 15 is 0 Å². The maximum absolute atomic E-state index is 13.6. The van der Waals surface area contributed by atoms with Crippen LogP contribution in [-0.4, -0.2) is 6.04 Å². The Balaban J connectivity index is 2.04. The molecule has 88 valence electrons. The van der Waals surface area contributed by atoms with Gasteiger partial charge in [-0.2, -0.15) is 0 Å². The van der Waals surface area contributed by atoms with Crippen molar-refractivity contribution in [1.82, 2.24) is 0 Å². The smallest absolute Gasteiger partial charge is 0.127 e. The third-order valence-corrected chi connectivity index (χ3v) is 4.07. The molecule has 0 amide bonds. The predicted molar refractivity (Wildman–Crippen MR) is 67.7 cm³/mol. The van der Waals surface area contributed by atoms with Crippen molar-refractivity contribution in [2.24, 2.45) is 17.1 Å². The van der Waals surface area contributed by atoms with Crippen LogP contribution < -0.4 is 5.73 Å². The number of benzene rings is 1. The molecule has 1 fully saturated rings. The maximum atomic E-state index is 13.6. The van der Waals surface area contributed by atoms with Crippen LogP contribution in [0.25, 0.3) is 0 Å². The van der Waals surface area contributed by atoms with Crippen LogP contribution in [0.1, 0.15) is 25.8 Å². The van der Waals surface area contributed by atoms with Gasteiger partial charge in [0.1, 0.15) is 5.82 Å². The molecule has 1 saturated carbocycles. The lowest BCUT2D eigenvalue weighted by Gasteiger charge is -2.14. The van der Waals surface area contributed by atoms with E-state index in [1.165, 1.54) is 6.07 Å². The molecule has 1 aromatic rings. The molecule has 2 rings (SSSR count).